The first-order valence-corrected chi connectivity index (χ1v) is 8.91. The predicted octanol–water partition coefficient (Wildman–Crippen LogP) is 4.08. The van der Waals surface area contributed by atoms with Crippen LogP contribution in [0.4, 0.5) is 5.69 Å². The highest BCUT2D eigenvalue weighted by Gasteiger charge is 2.41. The summed E-state index contributed by atoms with van der Waals surface area (Å²) in [4.78, 5) is 6.79. The fraction of sp³-hybridized carbons (Fsp3) is 0.200. The lowest BCUT2D eigenvalue weighted by Crippen LogP contribution is -2.30. The number of anilines is 1. The van der Waals surface area contributed by atoms with Crippen LogP contribution in [0.25, 0.3) is 0 Å². The van der Waals surface area contributed by atoms with Crippen LogP contribution in [0.2, 0.25) is 0 Å². The van der Waals surface area contributed by atoms with Gasteiger partial charge in [-0.05, 0) is 55.5 Å². The molecule has 126 valence electrons. The van der Waals surface area contributed by atoms with E-state index in [-0.39, 0.29) is 12.1 Å². The first-order valence-electron chi connectivity index (χ1n) is 8.50. The topological polar surface area (TPSA) is 33.1 Å². The van der Waals surface area contributed by atoms with Gasteiger partial charge in [-0.3, -0.25) is 4.98 Å². The number of para-hydroxylation sites is 1. The Balaban J connectivity index is 1.85. The lowest BCUT2D eigenvalue weighted by molar-refractivity contribution is 0.529. The summed E-state index contributed by atoms with van der Waals surface area (Å²) in [7, 11) is 0. The molecular weight excluding hydrogens is 328 g/mol. The van der Waals surface area contributed by atoms with Gasteiger partial charge in [-0.15, -0.1) is 0 Å². The van der Waals surface area contributed by atoms with Crippen LogP contribution >= 0.6 is 12.2 Å². The van der Waals surface area contributed by atoms with E-state index >= 15 is 0 Å². The standard InChI is InChI=1S/C20H20N4S/c1-2-23-14-8-12-17(23)19-18(16-11-6-7-13-21-16)22-20(25)24(19)15-9-4-3-5-10-15/h3-14,18-19H,2H2,1H3,(H,22,25)/t18-,19-/m1/s1. The van der Waals surface area contributed by atoms with Crippen molar-refractivity contribution in [3.63, 3.8) is 0 Å². The van der Waals surface area contributed by atoms with E-state index in [2.05, 4.69) is 63.2 Å². The van der Waals surface area contributed by atoms with Crippen molar-refractivity contribution in [1.82, 2.24) is 14.9 Å². The first-order chi connectivity index (χ1) is 12.3. The summed E-state index contributed by atoms with van der Waals surface area (Å²) >= 11 is 5.71. The number of thiocarbonyl (C=S) groups is 1. The highest BCUT2D eigenvalue weighted by Crippen LogP contribution is 2.41. The minimum absolute atomic E-state index is 0.00843. The van der Waals surface area contributed by atoms with Gasteiger partial charge in [0.1, 0.15) is 6.04 Å². The van der Waals surface area contributed by atoms with Crippen LogP contribution in [0, 0.1) is 0 Å². The average molecular weight is 348 g/mol. The zero-order valence-corrected chi connectivity index (χ0v) is 14.9. The molecule has 4 rings (SSSR count). The fourth-order valence-electron chi connectivity index (χ4n) is 3.51. The lowest BCUT2D eigenvalue weighted by atomic mass is 10.0. The van der Waals surface area contributed by atoms with E-state index in [0.29, 0.717) is 0 Å². The van der Waals surface area contributed by atoms with Crippen LogP contribution in [-0.4, -0.2) is 14.7 Å². The summed E-state index contributed by atoms with van der Waals surface area (Å²) in [5.41, 5.74) is 3.32. The number of rotatable bonds is 4. The molecule has 0 spiro atoms. The smallest absolute Gasteiger partial charge is 0.174 e. The molecule has 3 aromatic rings. The first kappa shape index (κ1) is 15.8. The molecule has 1 saturated heterocycles. The molecule has 0 aliphatic carbocycles. The second-order valence-electron chi connectivity index (χ2n) is 6.05. The Morgan fingerprint density at radius 1 is 1.04 bits per heavy atom. The van der Waals surface area contributed by atoms with Crippen molar-refractivity contribution in [2.75, 3.05) is 4.90 Å². The van der Waals surface area contributed by atoms with Crippen molar-refractivity contribution in [3.05, 3.63) is 84.4 Å². The molecule has 3 heterocycles. The van der Waals surface area contributed by atoms with Gasteiger partial charge in [0.15, 0.2) is 5.11 Å². The summed E-state index contributed by atoms with van der Waals surface area (Å²) in [6.07, 6.45) is 3.95. The quantitative estimate of drug-likeness (QED) is 0.720. The number of hydrogen-bond acceptors (Lipinski definition) is 2. The van der Waals surface area contributed by atoms with Gasteiger partial charge in [-0.25, -0.2) is 0 Å². The van der Waals surface area contributed by atoms with Gasteiger partial charge in [-0.1, -0.05) is 24.3 Å². The van der Waals surface area contributed by atoms with Crippen molar-refractivity contribution < 1.29 is 0 Å². The molecule has 25 heavy (non-hydrogen) atoms. The van der Waals surface area contributed by atoms with Crippen LogP contribution in [0.15, 0.2) is 73.1 Å². The van der Waals surface area contributed by atoms with E-state index in [1.165, 1.54) is 5.69 Å². The lowest BCUT2D eigenvalue weighted by Gasteiger charge is -2.28. The molecule has 0 saturated carbocycles. The Kier molecular flexibility index (Phi) is 4.24. The highest BCUT2D eigenvalue weighted by molar-refractivity contribution is 7.80. The molecule has 1 aromatic carbocycles. The Hall–Kier alpha value is -2.66. The maximum Gasteiger partial charge on any atom is 0.174 e. The summed E-state index contributed by atoms with van der Waals surface area (Å²) in [6, 6.07) is 20.7. The third-order valence-corrected chi connectivity index (χ3v) is 4.96. The average Bonchev–Trinajstić information content (AvgIpc) is 3.26. The van der Waals surface area contributed by atoms with Crippen molar-refractivity contribution in [1.29, 1.82) is 0 Å². The second kappa shape index (κ2) is 6.69. The largest absolute Gasteiger partial charge is 0.351 e. The molecule has 0 bridgehead atoms. The number of hydrogen-bond donors (Lipinski definition) is 1. The van der Waals surface area contributed by atoms with E-state index in [0.717, 1.165) is 23.0 Å². The van der Waals surface area contributed by atoms with E-state index < -0.39 is 0 Å². The summed E-state index contributed by atoms with van der Waals surface area (Å²) < 4.78 is 2.27. The van der Waals surface area contributed by atoms with E-state index in [4.69, 9.17) is 12.2 Å². The second-order valence-corrected chi connectivity index (χ2v) is 6.44. The molecule has 2 aromatic heterocycles. The molecule has 0 amide bonds. The van der Waals surface area contributed by atoms with Crippen LogP contribution in [0.3, 0.4) is 0 Å². The van der Waals surface area contributed by atoms with Crippen molar-refractivity contribution >= 4 is 23.0 Å². The molecular formula is C20H20N4S. The van der Waals surface area contributed by atoms with Crippen LogP contribution in [-0.2, 0) is 6.54 Å². The maximum atomic E-state index is 5.71. The van der Waals surface area contributed by atoms with Crippen molar-refractivity contribution in [3.8, 4) is 0 Å². The maximum absolute atomic E-state index is 5.71. The van der Waals surface area contributed by atoms with Crippen LogP contribution < -0.4 is 10.2 Å². The van der Waals surface area contributed by atoms with Crippen molar-refractivity contribution in [2.45, 2.75) is 25.6 Å². The highest BCUT2D eigenvalue weighted by atomic mass is 32.1. The predicted molar refractivity (Wildman–Crippen MR) is 104 cm³/mol. The number of aromatic nitrogens is 2. The number of nitrogens with zero attached hydrogens (tertiary/aromatic N) is 3. The SMILES string of the molecule is CCn1cccc1[C@@H]1[C@@H](c2ccccn2)NC(=S)N1c1ccccc1. The summed E-state index contributed by atoms with van der Waals surface area (Å²) in [5, 5.41) is 4.22. The molecule has 2 atom stereocenters. The van der Waals surface area contributed by atoms with Gasteiger partial charge in [0.25, 0.3) is 0 Å². The molecule has 1 aliphatic heterocycles. The van der Waals surface area contributed by atoms with Gasteiger partial charge >= 0.3 is 0 Å². The summed E-state index contributed by atoms with van der Waals surface area (Å²) in [6.45, 7) is 3.08. The van der Waals surface area contributed by atoms with Crippen LogP contribution in [0.1, 0.15) is 30.4 Å². The molecule has 0 radical (unpaired) electrons. The molecule has 1 fully saturated rings. The van der Waals surface area contributed by atoms with E-state index in [9.17, 15) is 0 Å². The van der Waals surface area contributed by atoms with E-state index in [1.807, 2.05) is 36.5 Å². The number of pyridine rings is 1. The number of aryl methyl sites for hydroxylation is 1. The molecule has 0 unspecified atom stereocenters. The fourth-order valence-corrected chi connectivity index (χ4v) is 3.85. The van der Waals surface area contributed by atoms with Crippen LogP contribution in [0.5, 0.6) is 0 Å². The molecule has 5 heteroatoms. The van der Waals surface area contributed by atoms with Crippen molar-refractivity contribution in [2.24, 2.45) is 0 Å². The number of nitrogens with one attached hydrogen (secondary N) is 1. The van der Waals surface area contributed by atoms with Gasteiger partial charge in [0, 0.05) is 30.3 Å². The Bertz CT molecular complexity index is 860. The molecule has 1 N–H and O–H groups in total. The zero-order chi connectivity index (χ0) is 17.2. The van der Waals surface area contributed by atoms with Gasteiger partial charge < -0.3 is 14.8 Å². The normalized spacial score (nSPS) is 19.9. The molecule has 1 aliphatic rings. The third-order valence-electron chi connectivity index (χ3n) is 4.64. The summed E-state index contributed by atoms with van der Waals surface area (Å²) in [5.74, 6) is 0. The zero-order valence-electron chi connectivity index (χ0n) is 14.0. The minimum atomic E-state index is 0.00843. The number of benzene rings is 1. The van der Waals surface area contributed by atoms with Gasteiger partial charge in [-0.2, -0.15) is 0 Å². The Morgan fingerprint density at radius 3 is 2.56 bits per heavy atom. The molecule has 4 nitrogen and oxygen atoms in total. The Morgan fingerprint density at radius 2 is 1.84 bits per heavy atom. The minimum Gasteiger partial charge on any atom is -0.351 e. The Labute approximate surface area is 153 Å². The monoisotopic (exact) mass is 348 g/mol. The van der Waals surface area contributed by atoms with E-state index in [1.54, 1.807) is 0 Å². The van der Waals surface area contributed by atoms with Gasteiger partial charge in [0.2, 0.25) is 0 Å². The third kappa shape index (κ3) is 2.81. The van der Waals surface area contributed by atoms with Gasteiger partial charge in [0.05, 0.1) is 11.7 Å².